The van der Waals surface area contributed by atoms with Crippen molar-refractivity contribution in [2.75, 3.05) is 5.32 Å². The quantitative estimate of drug-likeness (QED) is 0.438. The molecule has 0 unspecified atom stereocenters. The zero-order valence-corrected chi connectivity index (χ0v) is 17.1. The fourth-order valence-electron chi connectivity index (χ4n) is 3.16. The summed E-state index contributed by atoms with van der Waals surface area (Å²) in [7, 11) is 0. The van der Waals surface area contributed by atoms with Crippen molar-refractivity contribution in [3.63, 3.8) is 0 Å². The van der Waals surface area contributed by atoms with Crippen LogP contribution in [-0.4, -0.2) is 30.3 Å². The Kier molecular flexibility index (Phi) is 4.78. The highest BCUT2D eigenvalue weighted by atomic mass is 35.5. The molecule has 9 heteroatoms. The van der Waals surface area contributed by atoms with Gasteiger partial charge in [0.2, 0.25) is 0 Å². The Bertz CT molecular complexity index is 1340. The number of nitrogens with zero attached hydrogens (tertiary/aromatic N) is 5. The van der Waals surface area contributed by atoms with Crippen LogP contribution in [0.3, 0.4) is 0 Å². The van der Waals surface area contributed by atoms with Crippen LogP contribution >= 0.6 is 22.9 Å². The van der Waals surface area contributed by atoms with Crippen molar-refractivity contribution in [3.8, 4) is 10.6 Å². The third-order valence-electron chi connectivity index (χ3n) is 4.59. The van der Waals surface area contributed by atoms with Crippen molar-refractivity contribution in [2.24, 2.45) is 0 Å². The van der Waals surface area contributed by atoms with E-state index in [1.165, 1.54) is 6.20 Å². The average molecular weight is 435 g/mol. The predicted octanol–water partition coefficient (Wildman–Crippen LogP) is 4.61. The van der Waals surface area contributed by atoms with Gasteiger partial charge in [-0.25, -0.2) is 9.50 Å². The van der Waals surface area contributed by atoms with E-state index < -0.39 is 0 Å². The molecule has 0 spiro atoms. The van der Waals surface area contributed by atoms with Crippen molar-refractivity contribution in [1.29, 1.82) is 0 Å². The molecule has 0 bridgehead atoms. The first-order valence-electron chi connectivity index (χ1n) is 9.14. The van der Waals surface area contributed by atoms with Crippen LogP contribution in [0.15, 0.2) is 72.5 Å². The van der Waals surface area contributed by atoms with E-state index in [0.29, 0.717) is 28.6 Å². The summed E-state index contributed by atoms with van der Waals surface area (Å²) in [5.41, 5.74) is 2.72. The lowest BCUT2D eigenvalue weighted by Crippen LogP contribution is -2.13. The SMILES string of the molecule is O=C(Nc1ccn(Cc2ccccc2Cl)n1)c1cnn2c(-c3cccs3)ccnc12. The van der Waals surface area contributed by atoms with Gasteiger partial charge in [0.15, 0.2) is 11.5 Å². The summed E-state index contributed by atoms with van der Waals surface area (Å²) >= 11 is 7.82. The van der Waals surface area contributed by atoms with E-state index in [0.717, 1.165) is 16.1 Å². The van der Waals surface area contributed by atoms with Gasteiger partial charge in [-0.2, -0.15) is 10.2 Å². The molecule has 0 atom stereocenters. The maximum atomic E-state index is 12.8. The minimum atomic E-state index is -0.316. The van der Waals surface area contributed by atoms with E-state index in [1.807, 2.05) is 47.8 Å². The van der Waals surface area contributed by atoms with E-state index in [4.69, 9.17) is 11.6 Å². The van der Waals surface area contributed by atoms with Crippen LogP contribution in [0.1, 0.15) is 15.9 Å². The summed E-state index contributed by atoms with van der Waals surface area (Å²) in [4.78, 5) is 18.2. The highest BCUT2D eigenvalue weighted by Gasteiger charge is 2.17. The third kappa shape index (κ3) is 3.47. The molecule has 0 fully saturated rings. The maximum absolute atomic E-state index is 12.8. The number of carbonyl (C=O) groups excluding carboxylic acids is 1. The van der Waals surface area contributed by atoms with Crippen molar-refractivity contribution < 1.29 is 4.79 Å². The van der Waals surface area contributed by atoms with Crippen molar-refractivity contribution in [1.82, 2.24) is 24.4 Å². The Labute approximate surface area is 180 Å². The monoisotopic (exact) mass is 434 g/mol. The molecular weight excluding hydrogens is 420 g/mol. The second kappa shape index (κ2) is 7.74. The zero-order chi connectivity index (χ0) is 20.5. The van der Waals surface area contributed by atoms with Gasteiger partial charge in [0.05, 0.1) is 23.3 Å². The number of benzene rings is 1. The molecule has 1 aromatic carbocycles. The molecule has 0 saturated carbocycles. The van der Waals surface area contributed by atoms with Crippen LogP contribution in [0.25, 0.3) is 16.2 Å². The van der Waals surface area contributed by atoms with Crippen molar-refractivity contribution >= 4 is 40.3 Å². The number of carbonyl (C=O) groups is 1. The molecule has 4 heterocycles. The Morgan fingerprint density at radius 3 is 2.87 bits per heavy atom. The average Bonchev–Trinajstić information content (AvgIpc) is 3.50. The molecule has 0 aliphatic heterocycles. The van der Waals surface area contributed by atoms with Crippen LogP contribution in [0, 0.1) is 0 Å². The maximum Gasteiger partial charge on any atom is 0.262 e. The number of hydrogen-bond acceptors (Lipinski definition) is 5. The Morgan fingerprint density at radius 2 is 2.03 bits per heavy atom. The number of amides is 1. The molecule has 0 saturated heterocycles. The summed E-state index contributed by atoms with van der Waals surface area (Å²) in [6.07, 6.45) is 5.00. The number of thiophene rings is 1. The van der Waals surface area contributed by atoms with Crippen molar-refractivity contribution in [2.45, 2.75) is 6.54 Å². The summed E-state index contributed by atoms with van der Waals surface area (Å²) in [6, 6.07) is 15.2. The fourth-order valence-corrected chi connectivity index (χ4v) is 4.10. The highest BCUT2D eigenvalue weighted by Crippen LogP contribution is 2.25. The molecular formula is C21H15ClN6OS. The fraction of sp³-hybridized carbons (Fsp3) is 0.0476. The summed E-state index contributed by atoms with van der Waals surface area (Å²) in [5.74, 6) is 0.129. The molecule has 5 aromatic rings. The van der Waals surface area contributed by atoms with Gasteiger partial charge in [-0.3, -0.25) is 9.48 Å². The minimum Gasteiger partial charge on any atom is -0.305 e. The van der Waals surface area contributed by atoms with Gasteiger partial charge < -0.3 is 5.32 Å². The lowest BCUT2D eigenvalue weighted by molar-refractivity contribution is 0.102. The number of anilines is 1. The van der Waals surface area contributed by atoms with Gasteiger partial charge in [0.1, 0.15) is 5.56 Å². The zero-order valence-electron chi connectivity index (χ0n) is 15.6. The van der Waals surface area contributed by atoms with Crippen LogP contribution in [-0.2, 0) is 6.54 Å². The van der Waals surface area contributed by atoms with Gasteiger partial charge >= 0.3 is 0 Å². The first-order valence-corrected chi connectivity index (χ1v) is 10.4. The number of aromatic nitrogens is 5. The smallest absolute Gasteiger partial charge is 0.262 e. The number of fused-ring (bicyclic) bond motifs is 1. The molecule has 0 aliphatic carbocycles. The molecule has 148 valence electrons. The lowest BCUT2D eigenvalue weighted by atomic mass is 10.2. The molecule has 5 rings (SSSR count). The molecule has 0 radical (unpaired) electrons. The van der Waals surface area contributed by atoms with E-state index >= 15 is 0 Å². The van der Waals surface area contributed by atoms with Crippen LogP contribution in [0.2, 0.25) is 5.02 Å². The summed E-state index contributed by atoms with van der Waals surface area (Å²) in [5, 5.41) is 14.3. The second-order valence-corrected chi connectivity index (χ2v) is 7.90. The normalized spacial score (nSPS) is 11.1. The van der Waals surface area contributed by atoms with Gasteiger partial charge in [0.25, 0.3) is 5.91 Å². The second-order valence-electron chi connectivity index (χ2n) is 6.55. The van der Waals surface area contributed by atoms with E-state index in [2.05, 4.69) is 20.5 Å². The number of rotatable bonds is 5. The largest absolute Gasteiger partial charge is 0.305 e. The van der Waals surface area contributed by atoms with Crippen LogP contribution in [0.4, 0.5) is 5.82 Å². The van der Waals surface area contributed by atoms with E-state index in [9.17, 15) is 4.79 Å². The summed E-state index contributed by atoms with van der Waals surface area (Å²) in [6.45, 7) is 0.512. The highest BCUT2D eigenvalue weighted by molar-refractivity contribution is 7.13. The molecule has 0 aliphatic rings. The molecule has 30 heavy (non-hydrogen) atoms. The van der Waals surface area contributed by atoms with Gasteiger partial charge in [0, 0.05) is 23.5 Å². The first-order chi connectivity index (χ1) is 14.7. The third-order valence-corrected chi connectivity index (χ3v) is 5.85. The molecule has 1 N–H and O–H groups in total. The molecule has 1 amide bonds. The standard InChI is InChI=1S/C21H15ClN6OS/c22-16-5-2-1-4-14(16)13-27-10-8-19(26-27)25-21(29)15-12-24-28-17(7-9-23-20(15)28)18-6-3-11-30-18/h1-12H,13H2,(H,25,26,29). The van der Waals surface area contributed by atoms with Crippen LogP contribution < -0.4 is 5.32 Å². The van der Waals surface area contributed by atoms with Crippen LogP contribution in [0.5, 0.6) is 0 Å². The Morgan fingerprint density at radius 1 is 1.13 bits per heavy atom. The van der Waals surface area contributed by atoms with E-state index in [1.54, 1.807) is 39.0 Å². The molecule has 4 aromatic heterocycles. The Balaban J connectivity index is 1.38. The van der Waals surface area contributed by atoms with Crippen molar-refractivity contribution in [3.05, 3.63) is 88.7 Å². The van der Waals surface area contributed by atoms with E-state index in [-0.39, 0.29) is 5.91 Å². The topological polar surface area (TPSA) is 77.1 Å². The molecule has 7 nitrogen and oxygen atoms in total. The Hall–Kier alpha value is -3.49. The lowest BCUT2D eigenvalue weighted by Gasteiger charge is -2.04. The number of hydrogen-bond donors (Lipinski definition) is 1. The minimum absolute atomic E-state index is 0.316. The first kappa shape index (κ1) is 18.5. The number of nitrogens with one attached hydrogen (secondary N) is 1. The van der Waals surface area contributed by atoms with Gasteiger partial charge in [-0.15, -0.1) is 11.3 Å². The predicted molar refractivity (Wildman–Crippen MR) is 117 cm³/mol. The number of halogens is 1. The van der Waals surface area contributed by atoms with Gasteiger partial charge in [-0.1, -0.05) is 35.9 Å². The van der Waals surface area contributed by atoms with Gasteiger partial charge in [-0.05, 0) is 29.1 Å². The summed E-state index contributed by atoms with van der Waals surface area (Å²) < 4.78 is 3.40.